The van der Waals surface area contributed by atoms with Crippen molar-refractivity contribution in [1.82, 2.24) is 15.1 Å². The first-order chi connectivity index (χ1) is 9.84. The largest absolute Gasteiger partial charge is 0.467 e. The highest BCUT2D eigenvalue weighted by molar-refractivity contribution is 5.14. The fraction of sp³-hybridized carbons (Fsp3) is 0.500. The molecule has 0 radical (unpaired) electrons. The van der Waals surface area contributed by atoms with Gasteiger partial charge in [-0.3, -0.25) is 4.68 Å². The molecule has 0 saturated heterocycles. The van der Waals surface area contributed by atoms with E-state index in [1.165, 1.54) is 4.68 Å². The van der Waals surface area contributed by atoms with Crippen molar-refractivity contribution in [3.8, 4) is 0 Å². The summed E-state index contributed by atoms with van der Waals surface area (Å²) in [5, 5.41) is 6.96. The number of rotatable bonds is 6. The number of hydrogen-bond acceptors (Lipinski definition) is 3. The summed E-state index contributed by atoms with van der Waals surface area (Å²) >= 11 is 0. The third kappa shape index (κ3) is 4.63. The SMILES string of the molecule is CC(C)CNCc1coc(Cn2cc(C(F)(F)F)cn2)c1. The van der Waals surface area contributed by atoms with Gasteiger partial charge in [0.1, 0.15) is 5.76 Å². The summed E-state index contributed by atoms with van der Waals surface area (Å²) in [6.45, 7) is 5.98. The van der Waals surface area contributed by atoms with Gasteiger partial charge in [0, 0.05) is 18.3 Å². The Morgan fingerprint density at radius 1 is 1.38 bits per heavy atom. The van der Waals surface area contributed by atoms with E-state index >= 15 is 0 Å². The van der Waals surface area contributed by atoms with E-state index in [9.17, 15) is 13.2 Å². The van der Waals surface area contributed by atoms with Crippen molar-refractivity contribution in [2.75, 3.05) is 6.54 Å². The van der Waals surface area contributed by atoms with E-state index in [4.69, 9.17) is 4.42 Å². The Kier molecular flexibility index (Phi) is 4.72. The van der Waals surface area contributed by atoms with Crippen LogP contribution in [0.4, 0.5) is 13.2 Å². The van der Waals surface area contributed by atoms with Crippen LogP contribution in [0.1, 0.15) is 30.7 Å². The van der Waals surface area contributed by atoms with E-state index in [1.807, 2.05) is 6.07 Å². The molecule has 0 unspecified atom stereocenters. The van der Waals surface area contributed by atoms with Crippen LogP contribution in [-0.4, -0.2) is 16.3 Å². The summed E-state index contributed by atoms with van der Waals surface area (Å²) in [7, 11) is 0. The molecule has 116 valence electrons. The summed E-state index contributed by atoms with van der Waals surface area (Å²) in [5.74, 6) is 1.13. The van der Waals surface area contributed by atoms with Gasteiger partial charge >= 0.3 is 6.18 Å². The number of aromatic nitrogens is 2. The lowest BCUT2D eigenvalue weighted by Gasteiger charge is -2.04. The molecule has 0 aliphatic carbocycles. The second-order valence-electron chi connectivity index (χ2n) is 5.37. The summed E-state index contributed by atoms with van der Waals surface area (Å²) in [4.78, 5) is 0. The van der Waals surface area contributed by atoms with Crippen molar-refractivity contribution in [1.29, 1.82) is 0 Å². The molecule has 0 aliphatic heterocycles. The van der Waals surface area contributed by atoms with Crippen molar-refractivity contribution in [2.24, 2.45) is 5.92 Å². The second kappa shape index (κ2) is 6.34. The molecule has 0 aliphatic rings. The minimum absolute atomic E-state index is 0.181. The van der Waals surface area contributed by atoms with Crippen LogP contribution in [0, 0.1) is 5.92 Å². The summed E-state index contributed by atoms with van der Waals surface area (Å²) in [5.41, 5.74) is 0.210. The maximum atomic E-state index is 12.5. The molecule has 7 heteroatoms. The molecule has 2 aromatic rings. The van der Waals surface area contributed by atoms with Crippen LogP contribution in [0.2, 0.25) is 0 Å². The van der Waals surface area contributed by atoms with Gasteiger partial charge in [0.25, 0.3) is 0 Å². The van der Waals surface area contributed by atoms with Gasteiger partial charge in [0.2, 0.25) is 0 Å². The van der Waals surface area contributed by atoms with Gasteiger partial charge in [0.05, 0.1) is 24.6 Å². The van der Waals surface area contributed by atoms with Crippen molar-refractivity contribution in [3.63, 3.8) is 0 Å². The van der Waals surface area contributed by atoms with E-state index in [0.717, 1.165) is 24.5 Å². The maximum absolute atomic E-state index is 12.5. The molecule has 0 fully saturated rings. The molecule has 0 aromatic carbocycles. The second-order valence-corrected chi connectivity index (χ2v) is 5.37. The van der Waals surface area contributed by atoms with Crippen LogP contribution in [0.3, 0.4) is 0 Å². The lowest BCUT2D eigenvalue weighted by Crippen LogP contribution is -2.18. The van der Waals surface area contributed by atoms with Gasteiger partial charge in [-0.2, -0.15) is 18.3 Å². The molecular weight excluding hydrogens is 283 g/mol. The Labute approximate surface area is 120 Å². The van der Waals surface area contributed by atoms with Crippen molar-refractivity contribution < 1.29 is 17.6 Å². The lowest BCUT2D eigenvalue weighted by atomic mass is 10.2. The fourth-order valence-electron chi connectivity index (χ4n) is 1.86. The van der Waals surface area contributed by atoms with Crippen molar-refractivity contribution >= 4 is 0 Å². The molecule has 21 heavy (non-hydrogen) atoms. The van der Waals surface area contributed by atoms with E-state index in [1.54, 1.807) is 6.26 Å². The van der Waals surface area contributed by atoms with E-state index in [-0.39, 0.29) is 6.54 Å². The van der Waals surface area contributed by atoms with Gasteiger partial charge in [-0.15, -0.1) is 0 Å². The van der Waals surface area contributed by atoms with E-state index in [0.29, 0.717) is 18.2 Å². The number of hydrogen-bond donors (Lipinski definition) is 1. The molecule has 0 amide bonds. The van der Waals surface area contributed by atoms with Crippen LogP contribution < -0.4 is 5.32 Å². The smallest absolute Gasteiger partial charge is 0.419 e. The summed E-state index contributed by atoms with van der Waals surface area (Å²) in [6.07, 6.45) is -0.975. The Morgan fingerprint density at radius 2 is 2.14 bits per heavy atom. The van der Waals surface area contributed by atoms with Gasteiger partial charge in [0.15, 0.2) is 0 Å². The molecule has 0 bridgehead atoms. The van der Waals surface area contributed by atoms with Crippen LogP contribution in [-0.2, 0) is 19.3 Å². The highest BCUT2D eigenvalue weighted by atomic mass is 19.4. The number of nitrogens with one attached hydrogen (secondary N) is 1. The minimum Gasteiger partial charge on any atom is -0.467 e. The molecule has 2 aromatic heterocycles. The molecule has 0 saturated carbocycles. The summed E-state index contributed by atoms with van der Waals surface area (Å²) < 4.78 is 43.9. The zero-order valence-electron chi connectivity index (χ0n) is 11.9. The summed E-state index contributed by atoms with van der Waals surface area (Å²) in [6, 6.07) is 1.82. The first-order valence-corrected chi connectivity index (χ1v) is 6.71. The number of alkyl halides is 3. The number of halogens is 3. The lowest BCUT2D eigenvalue weighted by molar-refractivity contribution is -0.137. The van der Waals surface area contributed by atoms with Gasteiger partial charge in [-0.1, -0.05) is 13.8 Å². The average Bonchev–Trinajstić information content (AvgIpc) is 2.98. The first kappa shape index (κ1) is 15.6. The van der Waals surface area contributed by atoms with Crippen molar-refractivity contribution in [3.05, 3.63) is 41.6 Å². The number of furan rings is 1. The number of nitrogens with zero attached hydrogens (tertiary/aromatic N) is 2. The third-order valence-corrected chi connectivity index (χ3v) is 2.87. The third-order valence-electron chi connectivity index (χ3n) is 2.87. The van der Waals surface area contributed by atoms with Crippen LogP contribution in [0.25, 0.3) is 0 Å². The molecule has 0 atom stereocenters. The zero-order valence-corrected chi connectivity index (χ0v) is 11.9. The normalized spacial score (nSPS) is 12.3. The Bertz CT molecular complexity index is 572. The zero-order chi connectivity index (χ0) is 15.5. The average molecular weight is 301 g/mol. The van der Waals surface area contributed by atoms with Crippen molar-refractivity contribution in [2.45, 2.75) is 33.1 Å². The van der Waals surface area contributed by atoms with Crippen LogP contribution in [0.15, 0.2) is 29.1 Å². The molecule has 1 N–H and O–H groups in total. The molecule has 0 spiro atoms. The minimum atomic E-state index is -4.37. The Hall–Kier alpha value is -1.76. The van der Waals surface area contributed by atoms with Crippen LogP contribution in [0.5, 0.6) is 0 Å². The molecule has 4 nitrogen and oxygen atoms in total. The predicted octanol–water partition coefficient (Wildman–Crippen LogP) is 3.29. The highest BCUT2D eigenvalue weighted by Gasteiger charge is 2.32. The maximum Gasteiger partial charge on any atom is 0.419 e. The van der Waals surface area contributed by atoms with Crippen LogP contribution >= 0.6 is 0 Å². The monoisotopic (exact) mass is 301 g/mol. The van der Waals surface area contributed by atoms with Gasteiger partial charge < -0.3 is 9.73 Å². The highest BCUT2D eigenvalue weighted by Crippen LogP contribution is 2.28. The Morgan fingerprint density at radius 3 is 2.76 bits per heavy atom. The molecular formula is C14H18F3N3O. The van der Waals surface area contributed by atoms with E-state index < -0.39 is 11.7 Å². The topological polar surface area (TPSA) is 43.0 Å². The standard InChI is InChI=1S/C14H18F3N3O/c1-10(2)4-18-5-11-3-13(21-9-11)8-20-7-12(6-19-20)14(15,16)17/h3,6-7,9-10,18H,4-5,8H2,1-2H3. The van der Waals surface area contributed by atoms with Gasteiger partial charge in [-0.05, 0) is 18.5 Å². The van der Waals surface area contributed by atoms with E-state index in [2.05, 4.69) is 24.3 Å². The molecule has 2 rings (SSSR count). The predicted molar refractivity (Wildman–Crippen MR) is 71.6 cm³/mol. The van der Waals surface area contributed by atoms with Gasteiger partial charge in [-0.25, -0.2) is 0 Å². The fourth-order valence-corrected chi connectivity index (χ4v) is 1.86. The quantitative estimate of drug-likeness (QED) is 0.890. The molecule has 2 heterocycles. The first-order valence-electron chi connectivity index (χ1n) is 6.71. The Balaban J connectivity index is 1.91.